The average Bonchev–Trinajstić information content (AvgIpc) is 4.02. The summed E-state index contributed by atoms with van der Waals surface area (Å²) in [5.41, 5.74) is -1.77. The summed E-state index contributed by atoms with van der Waals surface area (Å²) >= 11 is 0. The molecule has 3 fully saturated rings. The molecule has 12 nitrogen and oxygen atoms in total. The van der Waals surface area contributed by atoms with E-state index >= 15 is 0 Å². The Balaban J connectivity index is 1.37. The van der Waals surface area contributed by atoms with E-state index in [2.05, 4.69) is 16.7 Å². The van der Waals surface area contributed by atoms with Gasteiger partial charge in [0.2, 0.25) is 27.7 Å². The Labute approximate surface area is 318 Å². The van der Waals surface area contributed by atoms with Crippen molar-refractivity contribution in [1.82, 2.24) is 19.4 Å². The van der Waals surface area contributed by atoms with Crippen molar-refractivity contribution in [2.45, 2.75) is 130 Å². The van der Waals surface area contributed by atoms with Crippen molar-refractivity contribution in [2.75, 3.05) is 6.54 Å². The molecule has 0 bridgehead atoms. The molecule has 6 rings (SSSR count). The van der Waals surface area contributed by atoms with E-state index in [0.29, 0.717) is 49.4 Å². The molecule has 1 N–H and O–H groups in total. The van der Waals surface area contributed by atoms with Crippen molar-refractivity contribution in [1.29, 1.82) is 0 Å². The topological polar surface area (TPSA) is 162 Å². The number of nitrogens with one attached hydrogen (secondary N) is 1. The molecule has 2 saturated carbocycles. The maximum absolute atomic E-state index is 14.9. The smallest absolute Gasteiger partial charge is 0.274 e. The number of hydrogen-bond donors (Lipinski definition) is 1. The van der Waals surface area contributed by atoms with Crippen molar-refractivity contribution in [3.8, 4) is 5.88 Å². The van der Waals surface area contributed by atoms with Crippen molar-refractivity contribution < 1.29 is 32.3 Å². The van der Waals surface area contributed by atoms with Crippen LogP contribution in [0, 0.1) is 34.5 Å². The normalized spacial score (nSPS) is 30.1. The summed E-state index contributed by atoms with van der Waals surface area (Å²) in [5.74, 6) is -2.03. The molecule has 2 aromatic rings. The van der Waals surface area contributed by atoms with E-state index in [9.17, 15) is 32.4 Å². The first-order valence-corrected chi connectivity index (χ1v) is 21.2. The van der Waals surface area contributed by atoms with Crippen molar-refractivity contribution in [3.05, 3.63) is 46.8 Å². The molecule has 13 heteroatoms. The second-order valence-electron chi connectivity index (χ2n) is 17.6. The number of nitrogens with zero attached hydrogens (tertiary/aromatic N) is 3. The Hall–Kier alpha value is -3.87. The summed E-state index contributed by atoms with van der Waals surface area (Å²) in [4.78, 5) is 71.5. The van der Waals surface area contributed by atoms with Gasteiger partial charge in [-0.1, -0.05) is 58.9 Å². The largest absolute Gasteiger partial charge is 0.471 e. The molecule has 0 radical (unpaired) electrons. The van der Waals surface area contributed by atoms with Crippen LogP contribution in [0.3, 0.4) is 0 Å². The Kier molecular flexibility index (Phi) is 11.3. The number of sulfonamides is 1. The van der Waals surface area contributed by atoms with E-state index in [4.69, 9.17) is 4.74 Å². The number of amides is 2. The molecule has 1 saturated heterocycles. The molecule has 3 heterocycles. The van der Waals surface area contributed by atoms with E-state index in [-0.39, 0.29) is 77.9 Å². The van der Waals surface area contributed by atoms with E-state index in [1.807, 2.05) is 46.8 Å². The van der Waals surface area contributed by atoms with Crippen LogP contribution in [0.15, 0.2) is 41.2 Å². The highest BCUT2D eigenvalue weighted by atomic mass is 32.2. The summed E-state index contributed by atoms with van der Waals surface area (Å²) in [6, 6.07) is 6.04. The van der Waals surface area contributed by atoms with Gasteiger partial charge in [-0.15, -0.1) is 5.10 Å². The zero-order valence-corrected chi connectivity index (χ0v) is 33.3. The van der Waals surface area contributed by atoms with Crippen molar-refractivity contribution in [3.63, 3.8) is 0 Å². The highest BCUT2D eigenvalue weighted by Gasteiger charge is 2.61. The lowest BCUT2D eigenvalue weighted by molar-refractivity contribution is -0.145. The minimum Gasteiger partial charge on any atom is -0.471 e. The van der Waals surface area contributed by atoms with E-state index in [1.165, 1.54) is 4.68 Å². The van der Waals surface area contributed by atoms with Crippen LogP contribution in [0.5, 0.6) is 5.88 Å². The van der Waals surface area contributed by atoms with Gasteiger partial charge in [0.15, 0.2) is 5.78 Å². The van der Waals surface area contributed by atoms with Crippen molar-refractivity contribution >= 4 is 44.2 Å². The maximum Gasteiger partial charge on any atom is 0.274 e. The molecule has 1 aromatic carbocycles. The number of aromatic nitrogens is 2. The predicted molar refractivity (Wildman–Crippen MR) is 205 cm³/mol. The number of ether oxygens (including phenoxy) is 1. The Bertz CT molecular complexity index is 2000. The van der Waals surface area contributed by atoms with Gasteiger partial charge in [0, 0.05) is 38.1 Å². The van der Waals surface area contributed by atoms with Crippen LogP contribution >= 0.6 is 0 Å². The third-order valence-electron chi connectivity index (χ3n) is 11.8. The summed E-state index contributed by atoms with van der Waals surface area (Å²) in [6.07, 6.45) is 7.11. The van der Waals surface area contributed by atoms with Crippen LogP contribution in [0.4, 0.5) is 0 Å². The second-order valence-corrected chi connectivity index (χ2v) is 19.6. The van der Waals surface area contributed by atoms with Gasteiger partial charge in [0.25, 0.3) is 5.56 Å². The van der Waals surface area contributed by atoms with Gasteiger partial charge in [-0.25, -0.2) is 13.1 Å². The molecule has 2 amide bonds. The van der Waals surface area contributed by atoms with Gasteiger partial charge < -0.3 is 9.64 Å². The lowest BCUT2D eigenvalue weighted by Crippen LogP contribution is -2.47. The van der Waals surface area contributed by atoms with Crippen LogP contribution in [0.2, 0.25) is 0 Å². The quantitative estimate of drug-likeness (QED) is 0.332. The summed E-state index contributed by atoms with van der Waals surface area (Å²) < 4.78 is 35.9. The Morgan fingerprint density at radius 3 is 2.41 bits per heavy atom. The van der Waals surface area contributed by atoms with Gasteiger partial charge in [-0.05, 0) is 80.8 Å². The average molecular weight is 765 g/mol. The number of Topliss-reactive ketones (excluding diaryl/α,β-unsaturated/α-hetero) is 2. The minimum atomic E-state index is -3.86. The van der Waals surface area contributed by atoms with Gasteiger partial charge in [-0.2, -0.15) is 0 Å². The number of hydrogen-bond acceptors (Lipinski definition) is 9. The van der Waals surface area contributed by atoms with Crippen LogP contribution in [0.25, 0.3) is 10.8 Å². The lowest BCUT2D eigenvalue weighted by Gasteiger charge is -2.32. The number of allylic oxidation sites excluding steroid dienone is 2. The van der Waals surface area contributed by atoms with Gasteiger partial charge in [0.1, 0.15) is 11.9 Å². The molecule has 0 spiro atoms. The number of fused-ring (bicyclic) bond motifs is 3. The Morgan fingerprint density at radius 1 is 1.04 bits per heavy atom. The first kappa shape index (κ1) is 39.8. The highest BCUT2D eigenvalue weighted by molar-refractivity contribution is 7.90. The highest BCUT2D eigenvalue weighted by Crippen LogP contribution is 2.57. The van der Waals surface area contributed by atoms with E-state index in [0.717, 1.165) is 12.8 Å². The summed E-state index contributed by atoms with van der Waals surface area (Å²) in [5, 5.41) is 4.86. The van der Waals surface area contributed by atoms with Crippen LogP contribution in [0.1, 0.15) is 106 Å². The molecule has 2 aliphatic carbocycles. The number of carbonyl (C=O) groups is 4. The molecule has 1 aromatic heterocycles. The lowest BCUT2D eigenvalue weighted by atomic mass is 9.79. The number of carbonyl (C=O) groups excluding carboxylic acids is 4. The standard InChI is InChI=1S/C41H56N4O8S/c1-7-45-38(49)32-15-11-10-14-31(32)36(42-45)53-29-20-34-35(47)23-41(39(50)43-54(51,52)30-16-17-30)21-27(41)13-9-8-12-25(2)18-26(3)33(37(48)44(34)24-29)19-28(46)22-40(4,5)6/h9-11,13-15,25-27,29-30,33-34H,7-8,12,16-24H2,1-6H3,(H,43,50)/b13-9-/t25-,26+,27+,29+,33-,34-,41+/m0/s1. The number of rotatable bonds is 9. The zero-order valence-electron chi connectivity index (χ0n) is 32.5. The van der Waals surface area contributed by atoms with Crippen LogP contribution < -0.4 is 15.0 Å². The third-order valence-corrected chi connectivity index (χ3v) is 13.6. The van der Waals surface area contributed by atoms with E-state index < -0.39 is 44.7 Å². The van der Waals surface area contributed by atoms with Crippen LogP contribution in [-0.4, -0.2) is 70.4 Å². The SMILES string of the molecule is CCn1nc(O[C@@H]2C[C@H]3C(=O)C[C@]4(C(=O)NS(=O)(=O)C5CC5)C[C@H]4/C=C\CC[C@H](C)C[C@@H](C)[C@H](CC(=O)CC(C)(C)C)C(=O)N3C2)c2ccccc2c1=O. The number of ketones is 2. The van der Waals surface area contributed by atoms with Gasteiger partial charge in [0.05, 0.1) is 34.0 Å². The van der Waals surface area contributed by atoms with E-state index in [1.54, 1.807) is 29.2 Å². The van der Waals surface area contributed by atoms with Crippen LogP contribution in [-0.2, 0) is 35.7 Å². The summed E-state index contributed by atoms with van der Waals surface area (Å²) in [6.45, 7) is 12.3. The first-order chi connectivity index (χ1) is 25.4. The fraction of sp³-hybridized carbons (Fsp3) is 0.659. The maximum atomic E-state index is 14.9. The number of benzene rings is 1. The fourth-order valence-corrected chi connectivity index (χ4v) is 9.94. The minimum absolute atomic E-state index is 0.0121. The molecular weight excluding hydrogens is 709 g/mol. The molecule has 2 aliphatic heterocycles. The zero-order chi connectivity index (χ0) is 39.2. The monoisotopic (exact) mass is 764 g/mol. The third kappa shape index (κ3) is 8.66. The summed E-state index contributed by atoms with van der Waals surface area (Å²) in [7, 11) is -3.86. The molecule has 294 valence electrons. The molecule has 0 unspecified atom stereocenters. The second kappa shape index (κ2) is 15.3. The molecule has 54 heavy (non-hydrogen) atoms. The first-order valence-electron chi connectivity index (χ1n) is 19.7. The fourth-order valence-electron chi connectivity index (χ4n) is 8.56. The molecule has 4 aliphatic rings. The molecule has 7 atom stereocenters. The Morgan fingerprint density at radius 2 is 1.74 bits per heavy atom. The van der Waals surface area contributed by atoms with Gasteiger partial charge >= 0.3 is 0 Å². The van der Waals surface area contributed by atoms with Gasteiger partial charge in [-0.3, -0.25) is 28.7 Å². The van der Waals surface area contributed by atoms with Crippen molar-refractivity contribution in [2.24, 2.45) is 34.5 Å². The molecular formula is C41H56N4O8S. The predicted octanol–water partition coefficient (Wildman–Crippen LogP) is 5.36. The number of aryl methyl sites for hydroxylation is 1.